The number of halogens is 2. The molecule has 0 aromatic carbocycles. The van der Waals surface area contributed by atoms with E-state index in [1.54, 1.807) is 4.90 Å². The Balaban J connectivity index is 1.50. The van der Waals surface area contributed by atoms with Crippen molar-refractivity contribution in [2.75, 3.05) is 52.9 Å². The SMILES string of the molecule is CN1CCN(C[C@@]2(O)CCN(C(=O)C3CCC(F)(F)CC3)C2)CC1. The average Bonchev–Trinajstić information content (AvgIpc) is 2.91. The molecule has 7 heteroatoms. The quantitative estimate of drug-likeness (QED) is 0.830. The molecule has 1 saturated carbocycles. The number of likely N-dealkylation sites (N-methyl/N-ethyl adjacent to an activating group) is 1. The van der Waals surface area contributed by atoms with Crippen molar-refractivity contribution in [1.29, 1.82) is 0 Å². The molecule has 2 heterocycles. The molecule has 2 aliphatic heterocycles. The Morgan fingerprint density at radius 2 is 1.71 bits per heavy atom. The van der Waals surface area contributed by atoms with Crippen molar-refractivity contribution in [3.63, 3.8) is 0 Å². The minimum absolute atomic E-state index is 0.0418. The Morgan fingerprint density at radius 3 is 2.33 bits per heavy atom. The van der Waals surface area contributed by atoms with Crippen molar-refractivity contribution in [3.8, 4) is 0 Å². The summed E-state index contributed by atoms with van der Waals surface area (Å²) in [7, 11) is 2.09. The van der Waals surface area contributed by atoms with Gasteiger partial charge in [-0.15, -0.1) is 0 Å². The molecule has 1 amide bonds. The highest BCUT2D eigenvalue weighted by Crippen LogP contribution is 2.37. The fourth-order valence-electron chi connectivity index (χ4n) is 4.14. The van der Waals surface area contributed by atoms with Gasteiger partial charge in [-0.3, -0.25) is 9.69 Å². The highest BCUT2D eigenvalue weighted by molar-refractivity contribution is 5.79. The Kier molecular flexibility index (Phi) is 5.14. The van der Waals surface area contributed by atoms with Crippen molar-refractivity contribution in [3.05, 3.63) is 0 Å². The van der Waals surface area contributed by atoms with Crippen LogP contribution in [0.15, 0.2) is 0 Å². The standard InChI is InChI=1S/C17H29F2N3O2/c1-20-8-10-21(11-9-20)12-16(24)6-7-22(13-16)15(23)14-2-4-17(18,19)5-3-14/h14,24H,2-13H2,1H3/t16-/m0/s1. The lowest BCUT2D eigenvalue weighted by Crippen LogP contribution is -2.52. The molecule has 5 nitrogen and oxygen atoms in total. The number of hydrogen-bond acceptors (Lipinski definition) is 4. The van der Waals surface area contributed by atoms with Crippen LogP contribution < -0.4 is 0 Å². The summed E-state index contributed by atoms with van der Waals surface area (Å²) in [6.07, 6.45) is 0.720. The smallest absolute Gasteiger partial charge is 0.248 e. The van der Waals surface area contributed by atoms with Gasteiger partial charge in [0.25, 0.3) is 0 Å². The van der Waals surface area contributed by atoms with Gasteiger partial charge in [0.1, 0.15) is 0 Å². The maximum Gasteiger partial charge on any atom is 0.248 e. The van der Waals surface area contributed by atoms with Crippen molar-refractivity contribution in [2.45, 2.75) is 43.6 Å². The van der Waals surface area contributed by atoms with Gasteiger partial charge in [-0.2, -0.15) is 0 Å². The summed E-state index contributed by atoms with van der Waals surface area (Å²) in [6.45, 7) is 5.33. The van der Waals surface area contributed by atoms with E-state index in [1.807, 2.05) is 0 Å². The van der Waals surface area contributed by atoms with Crippen LogP contribution in [-0.4, -0.2) is 90.1 Å². The van der Waals surface area contributed by atoms with Crippen LogP contribution in [0.4, 0.5) is 8.78 Å². The first-order chi connectivity index (χ1) is 11.3. The predicted octanol–water partition coefficient (Wildman–Crippen LogP) is 1.02. The number of alkyl halides is 2. The number of amides is 1. The van der Waals surface area contributed by atoms with Crippen LogP contribution in [0.3, 0.4) is 0 Å². The van der Waals surface area contributed by atoms with Gasteiger partial charge in [0, 0.05) is 58.0 Å². The minimum atomic E-state index is -2.61. The lowest BCUT2D eigenvalue weighted by molar-refractivity contribution is -0.139. The third-order valence-corrected chi connectivity index (χ3v) is 5.82. The minimum Gasteiger partial charge on any atom is -0.387 e. The van der Waals surface area contributed by atoms with Crippen molar-refractivity contribution >= 4 is 5.91 Å². The van der Waals surface area contributed by atoms with E-state index in [4.69, 9.17) is 0 Å². The van der Waals surface area contributed by atoms with E-state index in [9.17, 15) is 18.7 Å². The number of rotatable bonds is 3. The first-order valence-electron chi connectivity index (χ1n) is 9.06. The fraction of sp³-hybridized carbons (Fsp3) is 0.941. The molecule has 24 heavy (non-hydrogen) atoms. The van der Waals surface area contributed by atoms with Crippen LogP contribution in [0.1, 0.15) is 32.1 Å². The first kappa shape index (κ1) is 18.0. The summed E-state index contributed by atoms with van der Waals surface area (Å²) in [6, 6.07) is 0. The maximum absolute atomic E-state index is 13.3. The molecule has 3 aliphatic rings. The second kappa shape index (κ2) is 6.84. The van der Waals surface area contributed by atoms with Gasteiger partial charge < -0.3 is 14.9 Å². The summed E-state index contributed by atoms with van der Waals surface area (Å²) < 4.78 is 26.5. The molecule has 1 N–H and O–H groups in total. The van der Waals surface area contributed by atoms with E-state index in [0.29, 0.717) is 26.1 Å². The molecular weight excluding hydrogens is 316 g/mol. The van der Waals surface area contributed by atoms with E-state index >= 15 is 0 Å². The maximum atomic E-state index is 13.3. The summed E-state index contributed by atoms with van der Waals surface area (Å²) in [5, 5.41) is 10.8. The second-order valence-electron chi connectivity index (χ2n) is 7.94. The molecule has 0 aromatic rings. The Bertz CT molecular complexity index is 459. The molecule has 0 aromatic heterocycles. The topological polar surface area (TPSA) is 47.0 Å². The van der Waals surface area contributed by atoms with Crippen LogP contribution in [0.5, 0.6) is 0 Å². The van der Waals surface area contributed by atoms with E-state index in [1.165, 1.54) is 0 Å². The van der Waals surface area contributed by atoms with E-state index < -0.39 is 11.5 Å². The summed E-state index contributed by atoms with van der Waals surface area (Å²) in [4.78, 5) is 18.8. The van der Waals surface area contributed by atoms with E-state index in [-0.39, 0.29) is 37.5 Å². The molecule has 0 bridgehead atoms. The zero-order valence-electron chi connectivity index (χ0n) is 14.5. The molecule has 3 fully saturated rings. The molecular formula is C17H29F2N3O2. The molecule has 1 aliphatic carbocycles. The van der Waals surface area contributed by atoms with Crippen molar-refractivity contribution in [2.24, 2.45) is 5.92 Å². The Hall–Kier alpha value is -0.790. The van der Waals surface area contributed by atoms with Gasteiger partial charge in [-0.1, -0.05) is 0 Å². The van der Waals surface area contributed by atoms with Gasteiger partial charge in [-0.05, 0) is 26.3 Å². The molecule has 0 spiro atoms. The van der Waals surface area contributed by atoms with Crippen molar-refractivity contribution < 1.29 is 18.7 Å². The van der Waals surface area contributed by atoms with Crippen LogP contribution in [0, 0.1) is 5.92 Å². The summed E-state index contributed by atoms with van der Waals surface area (Å²) >= 11 is 0. The summed E-state index contributed by atoms with van der Waals surface area (Å²) in [5.74, 6) is -2.94. The molecule has 138 valence electrons. The Labute approximate surface area is 142 Å². The fourth-order valence-corrected chi connectivity index (χ4v) is 4.14. The largest absolute Gasteiger partial charge is 0.387 e. The number of β-amino-alcohol motifs (C(OH)–C–C–N with tert-alkyl or cyclic N) is 1. The van der Waals surface area contributed by atoms with Gasteiger partial charge in [-0.25, -0.2) is 8.78 Å². The number of carbonyl (C=O) groups is 1. The zero-order valence-corrected chi connectivity index (χ0v) is 14.5. The molecule has 1 atom stereocenters. The highest BCUT2D eigenvalue weighted by atomic mass is 19.3. The molecule has 0 radical (unpaired) electrons. The predicted molar refractivity (Wildman–Crippen MR) is 87.0 cm³/mol. The summed E-state index contributed by atoms with van der Waals surface area (Å²) in [5.41, 5.74) is -0.857. The second-order valence-corrected chi connectivity index (χ2v) is 7.94. The number of aliphatic hydroxyl groups is 1. The first-order valence-corrected chi connectivity index (χ1v) is 9.06. The van der Waals surface area contributed by atoms with E-state index in [0.717, 1.165) is 26.2 Å². The van der Waals surface area contributed by atoms with E-state index in [2.05, 4.69) is 16.8 Å². The molecule has 0 unspecified atom stereocenters. The van der Waals surface area contributed by atoms with Crippen LogP contribution in [-0.2, 0) is 4.79 Å². The lowest BCUT2D eigenvalue weighted by atomic mass is 9.86. The number of hydrogen-bond donors (Lipinski definition) is 1. The third kappa shape index (κ3) is 4.24. The Morgan fingerprint density at radius 1 is 1.08 bits per heavy atom. The van der Waals surface area contributed by atoms with Gasteiger partial charge in [0.05, 0.1) is 12.1 Å². The van der Waals surface area contributed by atoms with Crippen molar-refractivity contribution in [1.82, 2.24) is 14.7 Å². The van der Waals surface area contributed by atoms with Crippen LogP contribution in [0.2, 0.25) is 0 Å². The number of piperazine rings is 1. The third-order valence-electron chi connectivity index (χ3n) is 5.82. The normalized spacial score (nSPS) is 33.1. The van der Waals surface area contributed by atoms with Crippen LogP contribution >= 0.6 is 0 Å². The van der Waals surface area contributed by atoms with Gasteiger partial charge in [0.2, 0.25) is 11.8 Å². The number of carbonyl (C=O) groups excluding carboxylic acids is 1. The van der Waals surface area contributed by atoms with Gasteiger partial charge >= 0.3 is 0 Å². The zero-order chi connectivity index (χ0) is 17.4. The monoisotopic (exact) mass is 345 g/mol. The number of nitrogens with zero attached hydrogens (tertiary/aromatic N) is 3. The highest BCUT2D eigenvalue weighted by Gasteiger charge is 2.43. The average molecular weight is 345 g/mol. The van der Waals surface area contributed by atoms with Crippen LogP contribution in [0.25, 0.3) is 0 Å². The molecule has 3 rings (SSSR count). The van der Waals surface area contributed by atoms with Gasteiger partial charge in [0.15, 0.2) is 0 Å². The molecule has 2 saturated heterocycles. The number of likely N-dealkylation sites (tertiary alicyclic amines) is 1. The lowest BCUT2D eigenvalue weighted by Gasteiger charge is -2.37.